The van der Waals surface area contributed by atoms with Crippen LogP contribution in [0.25, 0.3) is 0 Å². The van der Waals surface area contributed by atoms with Crippen LogP contribution < -0.4 is 4.74 Å². The summed E-state index contributed by atoms with van der Waals surface area (Å²) in [4.78, 5) is 16.0. The van der Waals surface area contributed by atoms with Crippen LogP contribution in [0, 0.1) is 34.5 Å². The first-order valence-electron chi connectivity index (χ1n) is 16.0. The molecule has 0 amide bonds. The van der Waals surface area contributed by atoms with E-state index in [4.69, 9.17) is 28.4 Å². The van der Waals surface area contributed by atoms with Crippen molar-refractivity contribution < 1.29 is 53.6 Å². The number of esters is 1. The van der Waals surface area contributed by atoms with Crippen molar-refractivity contribution in [2.75, 3.05) is 55.2 Å². The van der Waals surface area contributed by atoms with E-state index in [1.54, 1.807) is 45.6 Å². The smallest absolute Gasteiger partial charge is 0.338 e. The molecule has 0 aromatic heterocycles. The van der Waals surface area contributed by atoms with Crippen LogP contribution in [0.1, 0.15) is 30.1 Å². The maximum Gasteiger partial charge on any atom is 0.338 e. The molecule has 4 N–H and O–H groups in total. The molecule has 12 heteroatoms. The lowest BCUT2D eigenvalue weighted by molar-refractivity contribution is -0.320. The third kappa shape index (κ3) is 3.56. The average Bonchev–Trinajstić information content (AvgIpc) is 3.42. The summed E-state index contributed by atoms with van der Waals surface area (Å²) in [5, 5.41) is 49.9. The average molecular weight is 634 g/mol. The Kier molecular flexibility index (Phi) is 7.45. The van der Waals surface area contributed by atoms with Crippen LogP contribution in [0.4, 0.5) is 0 Å². The summed E-state index contributed by atoms with van der Waals surface area (Å²) in [6.45, 7) is 3.43. The van der Waals surface area contributed by atoms with E-state index in [9.17, 15) is 25.2 Å². The molecule has 7 bridgehead atoms. The van der Waals surface area contributed by atoms with Crippen LogP contribution in [-0.2, 0) is 23.7 Å². The van der Waals surface area contributed by atoms with Crippen molar-refractivity contribution in [3.05, 3.63) is 29.8 Å². The summed E-state index contributed by atoms with van der Waals surface area (Å²) in [5.41, 5.74) is -4.96. The molecule has 12 nitrogen and oxygen atoms in total. The zero-order chi connectivity index (χ0) is 32.3. The van der Waals surface area contributed by atoms with E-state index in [-0.39, 0.29) is 30.6 Å². The molecule has 6 fully saturated rings. The third-order valence-corrected chi connectivity index (χ3v) is 13.2. The van der Waals surface area contributed by atoms with E-state index in [0.29, 0.717) is 25.3 Å². The van der Waals surface area contributed by atoms with E-state index < -0.39 is 82.4 Å². The number of carbonyl (C=O) groups is 1. The molecule has 1 saturated heterocycles. The Hall–Kier alpha value is -1.87. The van der Waals surface area contributed by atoms with E-state index >= 15 is 0 Å². The maximum atomic E-state index is 13.7. The molecule has 1 aromatic carbocycles. The molecule has 1 heterocycles. The van der Waals surface area contributed by atoms with Gasteiger partial charge < -0.3 is 48.8 Å². The highest BCUT2D eigenvalue weighted by atomic mass is 16.6. The summed E-state index contributed by atoms with van der Waals surface area (Å²) in [5.74, 6) is -2.50. The van der Waals surface area contributed by atoms with Gasteiger partial charge in [0.2, 0.25) is 0 Å². The Balaban J connectivity index is 1.45. The highest BCUT2D eigenvalue weighted by Gasteiger charge is 2.91. The lowest BCUT2D eigenvalue weighted by atomic mass is 9.42. The number of methoxy groups -OCH3 is 5. The van der Waals surface area contributed by atoms with Gasteiger partial charge in [0.15, 0.2) is 0 Å². The van der Waals surface area contributed by atoms with Gasteiger partial charge in [-0.1, -0.05) is 6.92 Å². The normalized spacial score (nSPS) is 50.8. The number of nitrogens with zero attached hydrogens (tertiary/aromatic N) is 1. The summed E-state index contributed by atoms with van der Waals surface area (Å²) in [7, 11) is 7.80. The Labute approximate surface area is 263 Å². The van der Waals surface area contributed by atoms with E-state index in [1.165, 1.54) is 14.2 Å². The molecule has 5 aliphatic carbocycles. The summed E-state index contributed by atoms with van der Waals surface area (Å²) in [6.07, 6.45) is -5.43. The van der Waals surface area contributed by atoms with Crippen molar-refractivity contribution in [1.29, 1.82) is 0 Å². The monoisotopic (exact) mass is 633 g/mol. The molecule has 6 aliphatic rings. The van der Waals surface area contributed by atoms with Crippen molar-refractivity contribution in [3.63, 3.8) is 0 Å². The van der Waals surface area contributed by atoms with Gasteiger partial charge >= 0.3 is 5.97 Å². The standard InChI is InChI=1S/C33H47NO11/c1-7-34-14-30(15-40-2)19(35)12-20(42-4)32-18-13-31(38)27(45-29(37)16-8-10-17(41-3)11-9-16)21(18)33(39,26(36)28(31)44-6)22(25(32)34)23(43-5)24(30)32/h8-11,18-28,35-36,38-39H,7,12-15H2,1-6H3/t18-,19+,20?,21+,22?,23-,24+,25?,26-,27+,28-,30-,31-,32?,33+/m0/s1. The Bertz CT molecular complexity index is 1310. The second-order valence-corrected chi connectivity index (χ2v) is 14.2. The SMILES string of the molecule is CCN1C[C@]2(COC)[C@H](O)CC(OC)C34C1C([C@H](OC)[C@@H]32)[C@]1(O)[C@H]2[C@@H](OC(=O)c3ccc(OC)cc3)[C@@](O)(C[C@@H]24)[C@@H](OC)[C@@H]1O. The fourth-order valence-corrected chi connectivity index (χ4v) is 12.1. The van der Waals surface area contributed by atoms with E-state index in [1.807, 2.05) is 6.92 Å². The second-order valence-electron chi connectivity index (χ2n) is 14.2. The van der Waals surface area contributed by atoms with E-state index in [0.717, 1.165) is 0 Å². The lowest BCUT2D eigenvalue weighted by Gasteiger charge is -2.70. The lowest BCUT2D eigenvalue weighted by Crippen LogP contribution is -2.81. The predicted molar refractivity (Wildman–Crippen MR) is 157 cm³/mol. The molecule has 1 aliphatic heterocycles. The van der Waals surface area contributed by atoms with Gasteiger partial charge in [-0.3, -0.25) is 4.90 Å². The molecule has 7 rings (SSSR count). The number of hydrogen-bond donors (Lipinski definition) is 4. The quantitative estimate of drug-likeness (QED) is 0.272. The number of aliphatic hydroxyl groups is 4. The van der Waals surface area contributed by atoms with Crippen molar-refractivity contribution in [3.8, 4) is 5.75 Å². The Morgan fingerprint density at radius 3 is 2.27 bits per heavy atom. The largest absolute Gasteiger partial charge is 0.497 e. The van der Waals surface area contributed by atoms with Gasteiger partial charge in [0.05, 0.1) is 37.6 Å². The van der Waals surface area contributed by atoms with Crippen molar-refractivity contribution in [1.82, 2.24) is 4.90 Å². The van der Waals surface area contributed by atoms with Crippen molar-refractivity contribution in [2.45, 2.75) is 73.6 Å². The first kappa shape index (κ1) is 31.7. The number of benzene rings is 1. The van der Waals surface area contributed by atoms with Crippen LogP contribution >= 0.6 is 0 Å². The van der Waals surface area contributed by atoms with Crippen molar-refractivity contribution >= 4 is 5.97 Å². The minimum absolute atomic E-state index is 0.0861. The zero-order valence-electron chi connectivity index (χ0n) is 26.8. The highest BCUT2D eigenvalue weighted by molar-refractivity contribution is 5.89. The number of fused-ring (bicyclic) bond motifs is 2. The molecule has 1 aromatic rings. The van der Waals surface area contributed by atoms with E-state index in [2.05, 4.69) is 4.90 Å². The van der Waals surface area contributed by atoms with Crippen LogP contribution in [0.5, 0.6) is 5.75 Å². The van der Waals surface area contributed by atoms with Crippen molar-refractivity contribution in [2.24, 2.45) is 34.5 Å². The Morgan fingerprint density at radius 1 is 0.978 bits per heavy atom. The van der Waals surface area contributed by atoms with Gasteiger partial charge in [0.1, 0.15) is 35.3 Å². The van der Waals surface area contributed by atoms with Gasteiger partial charge in [0, 0.05) is 76.0 Å². The molecule has 1 spiro atoms. The van der Waals surface area contributed by atoms with Gasteiger partial charge in [-0.2, -0.15) is 0 Å². The number of carbonyl (C=O) groups excluding carboxylic acids is 1. The molecular formula is C33H47NO11. The van der Waals surface area contributed by atoms with Crippen LogP contribution in [0.2, 0.25) is 0 Å². The number of hydrogen-bond acceptors (Lipinski definition) is 12. The van der Waals surface area contributed by atoms with Crippen LogP contribution in [0.3, 0.4) is 0 Å². The molecule has 5 saturated carbocycles. The summed E-state index contributed by atoms with van der Waals surface area (Å²) >= 11 is 0. The van der Waals surface area contributed by atoms with Gasteiger partial charge in [-0.15, -0.1) is 0 Å². The number of rotatable bonds is 9. The fraction of sp³-hybridized carbons (Fsp3) is 0.788. The molecule has 0 radical (unpaired) electrons. The third-order valence-electron chi connectivity index (χ3n) is 13.2. The van der Waals surface area contributed by atoms with Crippen LogP contribution in [0.15, 0.2) is 24.3 Å². The fourth-order valence-electron chi connectivity index (χ4n) is 12.1. The van der Waals surface area contributed by atoms with Crippen LogP contribution in [-0.4, -0.2) is 140 Å². The topological polar surface area (TPSA) is 157 Å². The van der Waals surface area contributed by atoms with Gasteiger partial charge in [0.25, 0.3) is 0 Å². The Morgan fingerprint density at radius 2 is 1.69 bits per heavy atom. The molecule has 15 atom stereocenters. The number of likely N-dealkylation sites (tertiary alicyclic amines) is 1. The number of piperidine rings is 1. The predicted octanol–water partition coefficient (Wildman–Crippen LogP) is 0.0859. The molecule has 45 heavy (non-hydrogen) atoms. The minimum Gasteiger partial charge on any atom is -0.497 e. The van der Waals surface area contributed by atoms with Gasteiger partial charge in [-0.05, 0) is 43.1 Å². The second kappa shape index (κ2) is 10.6. The number of aliphatic hydroxyl groups excluding tert-OH is 2. The highest BCUT2D eigenvalue weighted by Crippen LogP contribution is 2.80. The number of ether oxygens (including phenoxy) is 6. The summed E-state index contributed by atoms with van der Waals surface area (Å²) in [6, 6.07) is 6.16. The maximum absolute atomic E-state index is 13.7. The first-order valence-corrected chi connectivity index (χ1v) is 16.0. The van der Waals surface area contributed by atoms with Gasteiger partial charge in [-0.25, -0.2) is 4.79 Å². The molecule has 250 valence electrons. The molecular weight excluding hydrogens is 586 g/mol. The zero-order valence-corrected chi connectivity index (χ0v) is 26.8. The summed E-state index contributed by atoms with van der Waals surface area (Å²) < 4.78 is 35.8. The molecule has 4 unspecified atom stereocenters. The first-order chi connectivity index (χ1) is 21.5. The minimum atomic E-state index is -1.88.